The maximum Gasteiger partial charge on any atom is 0.238 e. The van der Waals surface area contributed by atoms with Crippen molar-refractivity contribution in [1.29, 1.82) is 0 Å². The number of aryl methyl sites for hydroxylation is 2. The Hall–Kier alpha value is -1.66. The third-order valence-electron chi connectivity index (χ3n) is 3.87. The van der Waals surface area contributed by atoms with Crippen LogP contribution < -0.4 is 5.32 Å². The molecule has 0 saturated carbocycles. The Labute approximate surface area is 132 Å². The van der Waals surface area contributed by atoms with Gasteiger partial charge in [-0.25, -0.2) is 4.98 Å². The number of aromatic nitrogens is 1. The van der Waals surface area contributed by atoms with Crippen LogP contribution in [0, 0.1) is 0 Å². The summed E-state index contributed by atoms with van der Waals surface area (Å²) >= 11 is 0. The number of fused-ring (bicyclic) bond motifs is 1. The van der Waals surface area contributed by atoms with Crippen molar-refractivity contribution in [3.8, 4) is 0 Å². The van der Waals surface area contributed by atoms with Crippen LogP contribution in [0.5, 0.6) is 0 Å². The highest BCUT2D eigenvalue weighted by molar-refractivity contribution is 5.77. The van der Waals surface area contributed by atoms with Gasteiger partial charge in [0, 0.05) is 32.9 Å². The molecule has 2 N–H and O–H groups in total. The Morgan fingerprint density at radius 1 is 1.36 bits per heavy atom. The van der Waals surface area contributed by atoms with Crippen LogP contribution in [0.1, 0.15) is 30.5 Å². The molecule has 1 aromatic heterocycles. The van der Waals surface area contributed by atoms with E-state index in [0.29, 0.717) is 6.54 Å². The summed E-state index contributed by atoms with van der Waals surface area (Å²) in [4.78, 5) is 17.6. The maximum absolute atomic E-state index is 11.5. The summed E-state index contributed by atoms with van der Waals surface area (Å²) < 4.78 is 0. The maximum atomic E-state index is 11.5. The average molecular weight is 306 g/mol. The first-order chi connectivity index (χ1) is 10.6. The molecule has 0 radical (unpaired) electrons. The zero-order chi connectivity index (χ0) is 15.9. The molecule has 6 nitrogen and oxygen atoms in total. The largest absolute Gasteiger partial charge is 0.370 e. The van der Waals surface area contributed by atoms with Gasteiger partial charge in [-0.05, 0) is 43.7 Å². The van der Waals surface area contributed by atoms with Gasteiger partial charge in [0.1, 0.15) is 12.4 Å². The van der Waals surface area contributed by atoms with Crippen LogP contribution in [0.2, 0.25) is 0 Å². The van der Waals surface area contributed by atoms with Crippen LogP contribution in [0.15, 0.2) is 12.1 Å². The third kappa shape index (κ3) is 4.96. The van der Waals surface area contributed by atoms with Crippen molar-refractivity contribution < 1.29 is 10.0 Å². The molecule has 1 aliphatic rings. The van der Waals surface area contributed by atoms with E-state index in [9.17, 15) is 10.0 Å². The van der Waals surface area contributed by atoms with Crippen LogP contribution >= 0.6 is 0 Å². The van der Waals surface area contributed by atoms with Crippen molar-refractivity contribution in [1.82, 2.24) is 14.9 Å². The number of nitrogens with one attached hydrogen (secondary N) is 1. The van der Waals surface area contributed by atoms with Gasteiger partial charge in [-0.15, -0.1) is 0 Å². The van der Waals surface area contributed by atoms with E-state index in [0.717, 1.165) is 48.8 Å². The lowest BCUT2D eigenvalue weighted by Gasteiger charge is -2.18. The van der Waals surface area contributed by atoms with Gasteiger partial charge >= 0.3 is 0 Å². The second kappa shape index (κ2) is 8.10. The first-order valence-corrected chi connectivity index (χ1v) is 7.93. The summed E-state index contributed by atoms with van der Waals surface area (Å²) in [6.07, 6.45) is 4.95. The fourth-order valence-corrected chi connectivity index (χ4v) is 2.49. The molecule has 122 valence electrons. The summed E-state index contributed by atoms with van der Waals surface area (Å²) in [5, 5.41) is 14.1. The van der Waals surface area contributed by atoms with Crippen LogP contribution in [0.4, 0.5) is 5.82 Å². The smallest absolute Gasteiger partial charge is 0.238 e. The Kier molecular flexibility index (Phi) is 6.15. The molecule has 0 saturated heterocycles. The van der Waals surface area contributed by atoms with Gasteiger partial charge in [0.25, 0.3) is 0 Å². The zero-order valence-corrected chi connectivity index (χ0v) is 13.5. The number of amides is 1. The Balaban J connectivity index is 1.69. The number of hydrogen-bond donors (Lipinski definition) is 2. The molecular formula is C16H26N4O2. The van der Waals surface area contributed by atoms with Gasteiger partial charge in [-0.1, -0.05) is 6.07 Å². The Morgan fingerprint density at radius 3 is 2.95 bits per heavy atom. The van der Waals surface area contributed by atoms with Crippen molar-refractivity contribution in [2.24, 2.45) is 0 Å². The molecule has 0 bridgehead atoms. The van der Waals surface area contributed by atoms with Gasteiger partial charge in [0.05, 0.1) is 0 Å². The fraction of sp³-hybridized carbons (Fsp3) is 0.625. The van der Waals surface area contributed by atoms with Gasteiger partial charge in [-0.2, -0.15) is 5.06 Å². The minimum atomic E-state index is -0.0927. The topological polar surface area (TPSA) is 68.7 Å². The number of pyridine rings is 1. The number of carbonyl (C=O) groups is 1. The van der Waals surface area contributed by atoms with Crippen molar-refractivity contribution in [2.45, 2.75) is 32.1 Å². The minimum Gasteiger partial charge on any atom is -0.370 e. The van der Waals surface area contributed by atoms with Crippen molar-refractivity contribution in [3.63, 3.8) is 0 Å². The lowest BCUT2D eigenvalue weighted by Crippen LogP contribution is -2.35. The summed E-state index contributed by atoms with van der Waals surface area (Å²) in [6, 6.07) is 4.26. The molecule has 0 aromatic carbocycles. The standard InChI is InChI=1S/C16H26N4O2/c1-19(2)15(21)12-20(22)11-4-3-7-14-9-8-13-6-5-10-17-16(13)18-14/h8-9,22H,3-7,10-12H2,1-2H3,(H,17,18). The molecule has 2 heterocycles. The predicted octanol–water partition coefficient (Wildman–Crippen LogP) is 1.54. The van der Waals surface area contributed by atoms with Gasteiger partial charge in [-0.3, -0.25) is 4.79 Å². The van der Waals surface area contributed by atoms with Crippen LogP contribution in [0.3, 0.4) is 0 Å². The molecule has 0 unspecified atom stereocenters. The summed E-state index contributed by atoms with van der Waals surface area (Å²) in [5.74, 6) is 0.939. The molecule has 0 atom stereocenters. The molecule has 22 heavy (non-hydrogen) atoms. The molecule has 0 aliphatic carbocycles. The molecule has 0 spiro atoms. The Morgan fingerprint density at radius 2 is 2.18 bits per heavy atom. The van der Waals surface area contributed by atoms with Crippen molar-refractivity contribution in [3.05, 3.63) is 23.4 Å². The molecular weight excluding hydrogens is 280 g/mol. The van der Waals surface area contributed by atoms with E-state index in [-0.39, 0.29) is 12.5 Å². The molecule has 0 fully saturated rings. The normalized spacial score (nSPS) is 13.6. The number of anilines is 1. The van der Waals surface area contributed by atoms with E-state index in [1.165, 1.54) is 16.9 Å². The lowest BCUT2D eigenvalue weighted by atomic mass is 10.1. The minimum absolute atomic E-state index is 0.0496. The van der Waals surface area contributed by atoms with E-state index in [1.807, 2.05) is 0 Å². The van der Waals surface area contributed by atoms with E-state index < -0.39 is 0 Å². The lowest BCUT2D eigenvalue weighted by molar-refractivity contribution is -0.145. The van der Waals surface area contributed by atoms with E-state index in [2.05, 4.69) is 22.4 Å². The third-order valence-corrected chi connectivity index (χ3v) is 3.87. The molecule has 6 heteroatoms. The molecule has 1 amide bonds. The summed E-state index contributed by atoms with van der Waals surface area (Å²) in [6.45, 7) is 1.56. The number of hydrogen-bond acceptors (Lipinski definition) is 5. The van der Waals surface area contributed by atoms with Crippen LogP contribution in [-0.4, -0.2) is 59.8 Å². The molecule has 1 aliphatic heterocycles. The SMILES string of the molecule is CN(C)C(=O)CN(O)CCCCc1ccc2c(n1)NCCC2. The van der Waals surface area contributed by atoms with Crippen LogP contribution in [0.25, 0.3) is 0 Å². The Bertz CT molecular complexity index is 505. The second-order valence-corrected chi connectivity index (χ2v) is 5.97. The molecule has 1 aromatic rings. The molecule has 2 rings (SSSR count). The van der Waals surface area contributed by atoms with Gasteiger partial charge in [0.15, 0.2) is 0 Å². The first-order valence-electron chi connectivity index (χ1n) is 7.93. The van der Waals surface area contributed by atoms with E-state index in [4.69, 9.17) is 0 Å². The van der Waals surface area contributed by atoms with E-state index >= 15 is 0 Å². The number of nitrogens with zero attached hydrogens (tertiary/aromatic N) is 3. The first kappa shape index (κ1) is 16.7. The van der Waals surface area contributed by atoms with E-state index in [1.54, 1.807) is 14.1 Å². The average Bonchev–Trinajstić information content (AvgIpc) is 2.51. The highest BCUT2D eigenvalue weighted by Crippen LogP contribution is 2.20. The highest BCUT2D eigenvalue weighted by Gasteiger charge is 2.11. The summed E-state index contributed by atoms with van der Waals surface area (Å²) in [7, 11) is 3.37. The monoisotopic (exact) mass is 306 g/mol. The number of likely N-dealkylation sites (N-methyl/N-ethyl adjacent to an activating group) is 1. The predicted molar refractivity (Wildman–Crippen MR) is 86.0 cm³/mol. The van der Waals surface area contributed by atoms with Gasteiger partial charge < -0.3 is 15.4 Å². The zero-order valence-electron chi connectivity index (χ0n) is 13.5. The number of carbonyl (C=O) groups excluding carboxylic acids is 1. The summed E-state index contributed by atoms with van der Waals surface area (Å²) in [5.41, 5.74) is 2.39. The number of hydroxylamine groups is 2. The number of rotatable bonds is 7. The fourth-order valence-electron chi connectivity index (χ4n) is 2.49. The van der Waals surface area contributed by atoms with Crippen LogP contribution in [-0.2, 0) is 17.6 Å². The number of unbranched alkanes of at least 4 members (excludes halogenated alkanes) is 1. The van der Waals surface area contributed by atoms with Gasteiger partial charge in [0.2, 0.25) is 5.91 Å². The quantitative estimate of drug-likeness (QED) is 0.591. The van der Waals surface area contributed by atoms with Crippen molar-refractivity contribution in [2.75, 3.05) is 39.0 Å². The highest BCUT2D eigenvalue weighted by atomic mass is 16.5. The second-order valence-electron chi connectivity index (χ2n) is 5.97. The van der Waals surface area contributed by atoms with Crippen molar-refractivity contribution >= 4 is 11.7 Å².